The van der Waals surface area contributed by atoms with Crippen molar-refractivity contribution in [2.24, 2.45) is 5.73 Å². The molecule has 5 heterocycles. The quantitative estimate of drug-likeness (QED) is 0.0127. The van der Waals surface area contributed by atoms with E-state index >= 15 is 0 Å². The number of fused-ring (bicyclic) bond motifs is 6. The molecule has 14 N–H and O–H groups in total. The van der Waals surface area contributed by atoms with Gasteiger partial charge in [0, 0.05) is 60.0 Å². The van der Waals surface area contributed by atoms with E-state index in [1.165, 1.54) is 60.9 Å². The Labute approximate surface area is 413 Å². The summed E-state index contributed by atoms with van der Waals surface area (Å²) >= 11 is 0. The van der Waals surface area contributed by atoms with Crippen LogP contribution in [0.2, 0.25) is 0 Å². The largest absolute Gasteiger partial charge is 0.505 e. The number of carbonyl (C=O) groups is 5. The number of aromatic amines is 1. The number of ketones is 1. The highest BCUT2D eigenvalue weighted by atomic mass is 33.1. The Kier molecular flexibility index (Phi) is 15.0. The van der Waals surface area contributed by atoms with Crippen molar-refractivity contribution in [3.8, 4) is 11.5 Å². The van der Waals surface area contributed by atoms with E-state index in [0.29, 0.717) is 46.9 Å². The standard InChI is InChI=1S/C45H56N12O12S2/c1-20-30(34(60)29-24(18-69-42(47)67)45(68-6)35-26(51-35)17-57(45)32(29)33(20)59)56-43(2,3)13-14-70-71-19-27(40(65)66)55-44(4,5)28(58)12-11-25(39(63)64)52-37(61)21-7-9-22(10-8-21)48-15-23-16-49-36-31(50-23)38(62)54-41(46)53-36/h7-10,16,18,25-27,35,48,51,55-56,59-60H,11-15,17,19H2,1-6H3,(H2,47,67)(H,52,61)(H,63,64)(H,65,66)(H3,46,49,53,54,62)/t25-,26-,27-,35-,45+/m0/s1. The molecule has 0 unspecified atom stereocenters. The number of nitrogens with zero attached hydrogens (tertiary/aromatic N) is 4. The van der Waals surface area contributed by atoms with Crippen LogP contribution in [0, 0.1) is 6.92 Å². The van der Waals surface area contributed by atoms with Crippen molar-refractivity contribution in [3.63, 3.8) is 0 Å². The molecular weight excluding hydrogens is 965 g/mol. The highest BCUT2D eigenvalue weighted by Crippen LogP contribution is 2.63. The number of carbonyl (C=O) groups excluding carboxylic acids is 3. The number of ether oxygens (including phenoxy) is 2. The lowest BCUT2D eigenvalue weighted by atomic mass is 9.93. The van der Waals surface area contributed by atoms with Crippen molar-refractivity contribution in [2.45, 2.75) is 101 Å². The second-order valence-electron chi connectivity index (χ2n) is 18.4. The molecule has 0 spiro atoms. The summed E-state index contributed by atoms with van der Waals surface area (Å²) in [6, 6.07) is 3.42. The smallest absolute Gasteiger partial charge is 0.409 e. The molecule has 26 heteroatoms. The van der Waals surface area contributed by atoms with E-state index in [-0.39, 0.29) is 82.6 Å². The molecule has 2 aromatic heterocycles. The summed E-state index contributed by atoms with van der Waals surface area (Å²) in [7, 11) is 4.18. The summed E-state index contributed by atoms with van der Waals surface area (Å²) in [5.74, 6) is -3.46. The van der Waals surface area contributed by atoms with Crippen LogP contribution in [0.4, 0.5) is 27.8 Å². The van der Waals surface area contributed by atoms with Crippen molar-refractivity contribution in [1.82, 2.24) is 35.9 Å². The molecule has 0 aliphatic carbocycles. The van der Waals surface area contributed by atoms with E-state index in [1.807, 2.05) is 18.7 Å². The molecule has 0 saturated carbocycles. The first kappa shape index (κ1) is 52.0. The van der Waals surface area contributed by atoms with Gasteiger partial charge in [0.15, 0.2) is 22.7 Å². The average Bonchev–Trinajstić information content (AvgIpc) is 3.93. The van der Waals surface area contributed by atoms with Crippen LogP contribution in [0.3, 0.4) is 0 Å². The topological polar surface area (TPSA) is 382 Å². The van der Waals surface area contributed by atoms with Crippen LogP contribution in [-0.2, 0) is 30.4 Å². The molecule has 7 rings (SSSR count). The van der Waals surface area contributed by atoms with Gasteiger partial charge >= 0.3 is 18.0 Å². The predicted molar refractivity (Wildman–Crippen MR) is 266 cm³/mol. The molecule has 0 bridgehead atoms. The van der Waals surface area contributed by atoms with Crippen LogP contribution >= 0.6 is 21.6 Å². The third-order valence-corrected chi connectivity index (χ3v) is 15.0. The van der Waals surface area contributed by atoms with Crippen LogP contribution in [0.1, 0.15) is 74.1 Å². The van der Waals surface area contributed by atoms with E-state index < -0.39 is 64.2 Å². The van der Waals surface area contributed by atoms with Crippen molar-refractivity contribution in [1.29, 1.82) is 0 Å². The van der Waals surface area contributed by atoms with Crippen molar-refractivity contribution in [3.05, 3.63) is 69.5 Å². The number of anilines is 4. The second kappa shape index (κ2) is 20.5. The number of aliphatic carboxylic acids is 2. The molecular formula is C45H56N12O12S2. The summed E-state index contributed by atoms with van der Waals surface area (Å²) < 4.78 is 11.1. The van der Waals surface area contributed by atoms with Gasteiger partial charge in [-0.3, -0.25) is 29.5 Å². The fourth-order valence-corrected chi connectivity index (χ4v) is 11.2. The van der Waals surface area contributed by atoms with Gasteiger partial charge in [0.2, 0.25) is 5.95 Å². The summed E-state index contributed by atoms with van der Waals surface area (Å²) in [6.45, 7) is 9.15. The van der Waals surface area contributed by atoms with E-state index in [4.69, 9.17) is 20.9 Å². The number of H-pyrrole nitrogens is 1. The van der Waals surface area contributed by atoms with Crippen LogP contribution in [0.15, 0.2) is 41.5 Å². The maximum atomic E-state index is 13.5. The zero-order chi connectivity index (χ0) is 51.7. The number of Topliss-reactive ketones (excluding diaryl/α,β-unsaturated/α-hetero) is 1. The molecule has 4 aromatic rings. The minimum Gasteiger partial charge on any atom is -0.505 e. The minimum atomic E-state index is -1.43. The summed E-state index contributed by atoms with van der Waals surface area (Å²) in [6.07, 6.45) is 1.49. The highest BCUT2D eigenvalue weighted by Gasteiger charge is 2.70. The Morgan fingerprint density at radius 3 is 2.41 bits per heavy atom. The number of phenols is 2. The number of hydrogen-bond donors (Lipinski definition) is 12. The lowest BCUT2D eigenvalue weighted by Gasteiger charge is -2.35. The van der Waals surface area contributed by atoms with Gasteiger partial charge in [-0.1, -0.05) is 21.6 Å². The van der Waals surface area contributed by atoms with Crippen molar-refractivity contribution < 1.29 is 53.9 Å². The molecule has 2 saturated heterocycles. The van der Waals surface area contributed by atoms with E-state index in [0.717, 1.165) is 6.26 Å². The number of hydrogen-bond acceptors (Lipinski definition) is 21. The number of rotatable bonds is 23. The minimum absolute atomic E-state index is 0.0232. The zero-order valence-corrected chi connectivity index (χ0v) is 41.2. The first-order chi connectivity index (χ1) is 33.5. The molecule has 71 heavy (non-hydrogen) atoms. The Bertz CT molecular complexity index is 2860. The molecule has 2 fully saturated rings. The fraction of sp³-hybridized carbons (Fsp3) is 0.444. The molecule has 2 amide bonds. The summed E-state index contributed by atoms with van der Waals surface area (Å²) in [4.78, 5) is 91.5. The van der Waals surface area contributed by atoms with Gasteiger partial charge < -0.3 is 67.5 Å². The number of phenolic OH excluding ortho intramolecular Hbond substituents is 2. The average molecular weight is 1020 g/mol. The van der Waals surface area contributed by atoms with Crippen LogP contribution in [-0.4, -0.2) is 136 Å². The Hall–Kier alpha value is -6.87. The Morgan fingerprint density at radius 1 is 1.04 bits per heavy atom. The Morgan fingerprint density at radius 2 is 1.75 bits per heavy atom. The Balaban J connectivity index is 0.880. The monoisotopic (exact) mass is 1020 g/mol. The van der Waals surface area contributed by atoms with Gasteiger partial charge in [-0.15, -0.1) is 0 Å². The number of benzene rings is 2. The normalized spacial score (nSPS) is 19.4. The third-order valence-electron chi connectivity index (χ3n) is 12.6. The number of methoxy groups -OCH3 is 1. The van der Waals surface area contributed by atoms with Gasteiger partial charge in [-0.25, -0.2) is 19.6 Å². The highest BCUT2D eigenvalue weighted by molar-refractivity contribution is 8.76. The third kappa shape index (κ3) is 10.9. The first-order valence-electron chi connectivity index (χ1n) is 22.3. The molecule has 380 valence electrons. The number of nitrogen functional groups attached to an aromatic ring is 1. The number of primary amides is 1. The van der Waals surface area contributed by atoms with Crippen LogP contribution in [0.25, 0.3) is 16.7 Å². The lowest BCUT2D eigenvalue weighted by molar-refractivity contribution is -0.140. The fourth-order valence-electron chi connectivity index (χ4n) is 8.71. The first-order valence-corrected chi connectivity index (χ1v) is 24.8. The van der Waals surface area contributed by atoms with Crippen LogP contribution < -0.4 is 48.5 Å². The number of carboxylic acids is 2. The second-order valence-corrected chi connectivity index (χ2v) is 21.0. The number of carboxylic acid groups (broad SMARTS) is 2. The maximum absolute atomic E-state index is 13.5. The molecule has 24 nitrogen and oxygen atoms in total. The number of amides is 2. The van der Waals surface area contributed by atoms with Gasteiger partial charge in [0.25, 0.3) is 11.5 Å². The predicted octanol–water partition coefficient (Wildman–Crippen LogP) is 2.60. The number of aromatic nitrogens is 4. The number of piperazine rings is 1. The number of aromatic hydroxyl groups is 2. The summed E-state index contributed by atoms with van der Waals surface area (Å²) in [5.41, 5.74) is 9.94. The van der Waals surface area contributed by atoms with Gasteiger partial charge in [-0.05, 0) is 71.7 Å². The van der Waals surface area contributed by atoms with E-state index in [1.54, 1.807) is 19.1 Å². The number of nitrogens with two attached hydrogens (primary N) is 2. The summed E-state index contributed by atoms with van der Waals surface area (Å²) in [5, 5.41) is 58.6. The lowest BCUT2D eigenvalue weighted by Crippen LogP contribution is -2.55. The van der Waals surface area contributed by atoms with Crippen LogP contribution in [0.5, 0.6) is 11.5 Å². The SMILES string of the molecule is CO[C@@]12C(=COC(N)=O)c3c(O)c(NC(C)(C)CCSSC[C@H](NC(C)(C)C(=O)CC[C@H](NC(=O)c4ccc(NCc5cnc6nc(N)[nH]c(=O)c6n5)cc4)C(=O)O)C(=O)O)c(C)c(O)c3N1C[C@@H]1N[C@@H]12. The molecule has 0 radical (unpaired) electrons. The van der Waals surface area contributed by atoms with E-state index in [2.05, 4.69) is 46.5 Å². The zero-order valence-electron chi connectivity index (χ0n) is 39.5. The number of nitrogens with one attached hydrogen (secondary N) is 6. The van der Waals surface area contributed by atoms with Gasteiger partial charge in [-0.2, -0.15) is 4.98 Å². The van der Waals surface area contributed by atoms with Crippen molar-refractivity contribution in [2.75, 3.05) is 46.4 Å². The molecule has 5 atom stereocenters. The van der Waals surface area contributed by atoms with Crippen molar-refractivity contribution >= 4 is 91.1 Å². The van der Waals surface area contributed by atoms with Gasteiger partial charge in [0.05, 0.1) is 52.5 Å². The maximum Gasteiger partial charge on any atom is 0.409 e. The van der Waals surface area contributed by atoms with E-state index in [9.17, 15) is 49.2 Å². The van der Waals surface area contributed by atoms with Gasteiger partial charge in [0.1, 0.15) is 29.8 Å². The molecule has 3 aliphatic heterocycles. The molecule has 2 aromatic carbocycles. The molecule has 3 aliphatic rings.